The van der Waals surface area contributed by atoms with Crippen molar-refractivity contribution in [2.24, 2.45) is 0 Å². The maximum Gasteiger partial charge on any atom is 0.0247 e. The highest BCUT2D eigenvalue weighted by atomic mass is 127. The Bertz CT molecular complexity index is 446. The van der Waals surface area contributed by atoms with Gasteiger partial charge < -0.3 is 0 Å². The molecule has 2 aromatic carbocycles. The molecule has 0 nitrogen and oxygen atoms in total. The van der Waals surface area contributed by atoms with Crippen LogP contribution in [0.5, 0.6) is 0 Å². The monoisotopic (exact) mass is 420 g/mol. The Morgan fingerprint density at radius 1 is 0.867 bits per heavy atom. The molecule has 0 aliphatic rings. The Morgan fingerprint density at radius 3 is 2.13 bits per heavy atom. The van der Waals surface area contributed by atoms with E-state index in [0.29, 0.717) is 0 Å². The molecule has 0 aliphatic carbocycles. The summed E-state index contributed by atoms with van der Waals surface area (Å²) in [6.45, 7) is 0. The second-order valence-corrected chi connectivity index (χ2v) is 5.24. The second-order valence-electron chi connectivity index (χ2n) is 3.31. The van der Waals surface area contributed by atoms with Crippen molar-refractivity contribution in [3.8, 4) is 11.1 Å². The Balaban J connectivity index is 2.42. The van der Waals surface area contributed by atoms with Gasteiger partial charge in [-0.25, -0.2) is 0 Å². The third kappa shape index (κ3) is 2.72. The van der Waals surface area contributed by atoms with Gasteiger partial charge in [-0.1, -0.05) is 65.1 Å². The first-order chi connectivity index (χ1) is 7.31. The van der Waals surface area contributed by atoms with Crippen LogP contribution in [0.3, 0.4) is 0 Å². The van der Waals surface area contributed by atoms with Crippen LogP contribution in [0.2, 0.25) is 0 Å². The highest BCUT2D eigenvalue weighted by molar-refractivity contribution is 14.1. The first-order valence-corrected chi connectivity index (χ1v) is 7.31. The highest BCUT2D eigenvalue weighted by Gasteiger charge is 2.01. The summed E-state index contributed by atoms with van der Waals surface area (Å²) >= 11 is 4.77. The van der Waals surface area contributed by atoms with Crippen molar-refractivity contribution in [3.05, 3.63) is 57.7 Å². The van der Waals surface area contributed by atoms with Gasteiger partial charge in [-0.15, -0.1) is 0 Å². The maximum atomic E-state index is 2.38. The van der Waals surface area contributed by atoms with E-state index in [0.717, 1.165) is 4.43 Å². The van der Waals surface area contributed by atoms with Crippen LogP contribution in [0.1, 0.15) is 5.56 Å². The van der Waals surface area contributed by atoms with Crippen molar-refractivity contribution < 1.29 is 0 Å². The third-order valence-electron chi connectivity index (χ3n) is 2.29. The van der Waals surface area contributed by atoms with Gasteiger partial charge in [0.15, 0.2) is 0 Å². The van der Waals surface area contributed by atoms with Crippen molar-refractivity contribution in [3.63, 3.8) is 0 Å². The summed E-state index contributed by atoms with van der Waals surface area (Å²) in [7, 11) is 0. The van der Waals surface area contributed by atoms with Crippen molar-refractivity contribution in [2.45, 2.75) is 4.43 Å². The lowest BCUT2D eigenvalue weighted by Crippen LogP contribution is -1.83. The van der Waals surface area contributed by atoms with Crippen molar-refractivity contribution in [2.75, 3.05) is 0 Å². The summed E-state index contributed by atoms with van der Waals surface area (Å²) < 4.78 is 2.38. The van der Waals surface area contributed by atoms with Gasteiger partial charge in [-0.2, -0.15) is 0 Å². The minimum absolute atomic E-state index is 1.07. The molecule has 0 saturated carbocycles. The molecule has 0 aromatic heterocycles. The van der Waals surface area contributed by atoms with Crippen LogP contribution >= 0.6 is 45.2 Å². The zero-order valence-electron chi connectivity index (χ0n) is 8.08. The van der Waals surface area contributed by atoms with Crippen molar-refractivity contribution in [1.82, 2.24) is 0 Å². The molecule has 0 amide bonds. The number of alkyl halides is 1. The summed E-state index contributed by atoms with van der Waals surface area (Å²) in [6.07, 6.45) is 0. The molecule has 0 radical (unpaired) electrons. The van der Waals surface area contributed by atoms with E-state index in [9.17, 15) is 0 Å². The number of benzene rings is 2. The highest BCUT2D eigenvalue weighted by Crippen LogP contribution is 2.25. The first kappa shape index (κ1) is 11.4. The number of hydrogen-bond acceptors (Lipinski definition) is 0. The molecular weight excluding hydrogens is 410 g/mol. The van der Waals surface area contributed by atoms with Crippen LogP contribution in [0.15, 0.2) is 48.5 Å². The molecule has 15 heavy (non-hydrogen) atoms. The standard InChI is InChI=1S/C13H10I2/c14-9-10-5-7-11(8-6-10)12-3-1-2-4-13(12)15/h1-8H,9H2. The van der Waals surface area contributed by atoms with E-state index in [1.165, 1.54) is 20.3 Å². The predicted molar refractivity (Wildman–Crippen MR) is 82.3 cm³/mol. The molecule has 0 heterocycles. The van der Waals surface area contributed by atoms with Gasteiger partial charge in [-0.3, -0.25) is 0 Å². The normalized spacial score (nSPS) is 10.3. The summed E-state index contributed by atoms with van der Waals surface area (Å²) in [5, 5.41) is 0. The molecule has 0 aliphatic heterocycles. The lowest BCUT2D eigenvalue weighted by Gasteiger charge is -2.05. The number of hydrogen-bond donors (Lipinski definition) is 0. The fraction of sp³-hybridized carbons (Fsp3) is 0.0769. The largest absolute Gasteiger partial charge is 0.0812 e. The average Bonchev–Trinajstić information content (AvgIpc) is 2.30. The molecule has 0 unspecified atom stereocenters. The van der Waals surface area contributed by atoms with Gasteiger partial charge >= 0.3 is 0 Å². The quantitative estimate of drug-likeness (QED) is 0.480. The Hall–Kier alpha value is -0.100. The molecule has 0 saturated heterocycles. The average molecular weight is 420 g/mol. The first-order valence-electron chi connectivity index (χ1n) is 4.71. The van der Waals surface area contributed by atoms with Gasteiger partial charge in [0.25, 0.3) is 0 Å². The molecular formula is C13H10I2. The summed E-state index contributed by atoms with van der Waals surface area (Å²) in [6, 6.07) is 17.3. The Kier molecular flexibility index (Phi) is 4.02. The van der Waals surface area contributed by atoms with Crippen LogP contribution in [-0.2, 0) is 4.43 Å². The zero-order chi connectivity index (χ0) is 10.7. The van der Waals surface area contributed by atoms with Gasteiger partial charge in [0.05, 0.1) is 0 Å². The van der Waals surface area contributed by atoms with Gasteiger partial charge in [-0.05, 0) is 45.3 Å². The second kappa shape index (κ2) is 5.30. The third-order valence-corrected chi connectivity index (χ3v) is 4.11. The van der Waals surface area contributed by atoms with Crippen LogP contribution in [0.4, 0.5) is 0 Å². The van der Waals surface area contributed by atoms with E-state index in [1.54, 1.807) is 0 Å². The van der Waals surface area contributed by atoms with E-state index in [4.69, 9.17) is 0 Å². The maximum absolute atomic E-state index is 2.38. The van der Waals surface area contributed by atoms with E-state index in [-0.39, 0.29) is 0 Å². The minimum Gasteiger partial charge on any atom is -0.0812 e. The van der Waals surface area contributed by atoms with Gasteiger partial charge in [0.1, 0.15) is 0 Å². The Morgan fingerprint density at radius 2 is 1.53 bits per heavy atom. The van der Waals surface area contributed by atoms with E-state index < -0.39 is 0 Å². The topological polar surface area (TPSA) is 0 Å². The molecule has 0 bridgehead atoms. The molecule has 2 aromatic rings. The molecule has 2 heteroatoms. The van der Waals surface area contributed by atoms with Gasteiger partial charge in [0, 0.05) is 8.00 Å². The fourth-order valence-corrected chi connectivity index (χ4v) is 2.68. The van der Waals surface area contributed by atoms with Crippen LogP contribution < -0.4 is 0 Å². The molecule has 2 rings (SSSR count). The zero-order valence-corrected chi connectivity index (χ0v) is 12.4. The Labute approximate surface area is 117 Å². The fourth-order valence-electron chi connectivity index (χ4n) is 1.47. The van der Waals surface area contributed by atoms with Gasteiger partial charge in [0.2, 0.25) is 0 Å². The van der Waals surface area contributed by atoms with E-state index in [2.05, 4.69) is 93.7 Å². The molecule has 0 spiro atoms. The van der Waals surface area contributed by atoms with E-state index >= 15 is 0 Å². The predicted octanol–water partition coefficient (Wildman–Crippen LogP) is 4.89. The summed E-state index contributed by atoms with van der Waals surface area (Å²) in [4.78, 5) is 0. The van der Waals surface area contributed by atoms with Crippen molar-refractivity contribution >= 4 is 45.2 Å². The smallest absolute Gasteiger partial charge is 0.0247 e. The summed E-state index contributed by atoms with van der Waals surface area (Å²) in [5.41, 5.74) is 4.00. The summed E-state index contributed by atoms with van der Waals surface area (Å²) in [5.74, 6) is 0. The molecule has 76 valence electrons. The molecule has 0 N–H and O–H groups in total. The SMILES string of the molecule is ICc1ccc(-c2ccccc2I)cc1. The minimum atomic E-state index is 1.07. The number of rotatable bonds is 2. The molecule has 0 fully saturated rings. The van der Waals surface area contributed by atoms with Crippen LogP contribution in [-0.4, -0.2) is 0 Å². The lowest BCUT2D eigenvalue weighted by molar-refractivity contribution is 1.45. The number of halogens is 2. The van der Waals surface area contributed by atoms with E-state index in [1.807, 2.05) is 0 Å². The lowest BCUT2D eigenvalue weighted by atomic mass is 10.0. The van der Waals surface area contributed by atoms with Crippen molar-refractivity contribution in [1.29, 1.82) is 0 Å². The van der Waals surface area contributed by atoms with Crippen LogP contribution in [0.25, 0.3) is 11.1 Å². The van der Waals surface area contributed by atoms with Crippen LogP contribution in [0, 0.1) is 3.57 Å². The molecule has 0 atom stereocenters.